The number of rotatable bonds is 4. The van der Waals surface area contributed by atoms with Crippen LogP contribution in [0.5, 0.6) is 0 Å². The SMILES string of the molecule is Cc1csc(-c2c(N)nsc2NCC(C)O)n1. The topological polar surface area (TPSA) is 84.1 Å². The molecule has 2 heterocycles. The van der Waals surface area contributed by atoms with Gasteiger partial charge in [-0.25, -0.2) is 4.98 Å². The Kier molecular flexibility index (Phi) is 3.60. The highest BCUT2D eigenvalue weighted by molar-refractivity contribution is 7.15. The van der Waals surface area contributed by atoms with Crippen LogP contribution in [0.25, 0.3) is 10.6 Å². The van der Waals surface area contributed by atoms with Crippen LogP contribution in [-0.2, 0) is 0 Å². The van der Waals surface area contributed by atoms with E-state index in [4.69, 9.17) is 5.73 Å². The predicted octanol–water partition coefficient (Wildman–Crippen LogP) is 1.95. The van der Waals surface area contributed by atoms with E-state index in [1.54, 1.807) is 18.3 Å². The van der Waals surface area contributed by atoms with Crippen LogP contribution in [0, 0.1) is 6.92 Å². The van der Waals surface area contributed by atoms with Crippen LogP contribution in [-0.4, -0.2) is 27.1 Å². The van der Waals surface area contributed by atoms with Crippen molar-refractivity contribution < 1.29 is 5.11 Å². The van der Waals surface area contributed by atoms with Crippen LogP contribution in [0.2, 0.25) is 0 Å². The largest absolute Gasteiger partial charge is 0.392 e. The highest BCUT2D eigenvalue weighted by Crippen LogP contribution is 2.38. The molecule has 1 atom stereocenters. The highest BCUT2D eigenvalue weighted by atomic mass is 32.1. The number of nitrogens with two attached hydrogens (primary N) is 1. The molecular weight excluding hydrogens is 256 g/mol. The van der Waals surface area contributed by atoms with Crippen LogP contribution in [0.3, 0.4) is 0 Å². The molecule has 5 nitrogen and oxygen atoms in total. The smallest absolute Gasteiger partial charge is 0.149 e. The van der Waals surface area contributed by atoms with Crippen molar-refractivity contribution in [2.45, 2.75) is 20.0 Å². The van der Waals surface area contributed by atoms with Gasteiger partial charge in [0.05, 0.1) is 11.7 Å². The Labute approximate surface area is 107 Å². The van der Waals surface area contributed by atoms with E-state index in [-0.39, 0.29) is 0 Å². The van der Waals surface area contributed by atoms with E-state index in [0.29, 0.717) is 12.4 Å². The Balaban J connectivity index is 2.29. The molecule has 1 unspecified atom stereocenters. The monoisotopic (exact) mass is 270 g/mol. The molecule has 0 aromatic carbocycles. The number of nitrogens with one attached hydrogen (secondary N) is 1. The standard InChI is InChI=1S/C10H14N4OS2/c1-5-4-16-10(13-5)7-8(11)14-17-9(7)12-3-6(2)15/h4,6,12,15H,3H2,1-2H3,(H2,11,14). The van der Waals surface area contributed by atoms with Gasteiger partial charge in [0.2, 0.25) is 0 Å². The van der Waals surface area contributed by atoms with Crippen molar-refractivity contribution >= 4 is 33.7 Å². The van der Waals surface area contributed by atoms with Gasteiger partial charge < -0.3 is 16.2 Å². The second-order valence-electron chi connectivity index (χ2n) is 3.80. The van der Waals surface area contributed by atoms with Gasteiger partial charge in [0.15, 0.2) is 0 Å². The summed E-state index contributed by atoms with van der Waals surface area (Å²) >= 11 is 2.83. The summed E-state index contributed by atoms with van der Waals surface area (Å²) in [4.78, 5) is 4.40. The summed E-state index contributed by atoms with van der Waals surface area (Å²) in [5, 5.41) is 16.1. The quantitative estimate of drug-likeness (QED) is 0.791. The summed E-state index contributed by atoms with van der Waals surface area (Å²) in [6.45, 7) is 4.14. The first-order chi connectivity index (χ1) is 8.08. The summed E-state index contributed by atoms with van der Waals surface area (Å²) in [6.07, 6.45) is -0.413. The van der Waals surface area contributed by atoms with Gasteiger partial charge in [-0.1, -0.05) is 0 Å². The van der Waals surface area contributed by atoms with Crippen LogP contribution in [0.15, 0.2) is 5.38 Å². The lowest BCUT2D eigenvalue weighted by atomic mass is 10.3. The second-order valence-corrected chi connectivity index (χ2v) is 5.43. The molecule has 0 spiro atoms. The maximum Gasteiger partial charge on any atom is 0.149 e. The summed E-state index contributed by atoms with van der Waals surface area (Å²) in [5.74, 6) is 0.484. The van der Waals surface area contributed by atoms with E-state index < -0.39 is 6.10 Å². The van der Waals surface area contributed by atoms with Gasteiger partial charge in [-0.3, -0.25) is 0 Å². The van der Waals surface area contributed by atoms with Crippen LogP contribution in [0.1, 0.15) is 12.6 Å². The van der Waals surface area contributed by atoms with Gasteiger partial charge in [-0.2, -0.15) is 4.37 Å². The van der Waals surface area contributed by atoms with Crippen molar-refractivity contribution in [1.29, 1.82) is 0 Å². The molecule has 4 N–H and O–H groups in total. The minimum Gasteiger partial charge on any atom is -0.392 e. The lowest BCUT2D eigenvalue weighted by molar-refractivity contribution is 0.208. The summed E-state index contributed by atoms with van der Waals surface area (Å²) in [7, 11) is 0. The van der Waals surface area contributed by atoms with E-state index in [2.05, 4.69) is 14.7 Å². The van der Waals surface area contributed by atoms with Gasteiger partial charge in [0.25, 0.3) is 0 Å². The van der Waals surface area contributed by atoms with E-state index in [0.717, 1.165) is 21.3 Å². The number of hydrogen-bond donors (Lipinski definition) is 3. The minimum atomic E-state index is -0.413. The third kappa shape index (κ3) is 2.74. The van der Waals surface area contributed by atoms with Crippen molar-refractivity contribution in [3.8, 4) is 10.6 Å². The molecule has 92 valence electrons. The molecule has 2 rings (SSSR count). The van der Waals surface area contributed by atoms with E-state index in [1.165, 1.54) is 11.5 Å². The van der Waals surface area contributed by atoms with E-state index in [1.807, 2.05) is 12.3 Å². The zero-order valence-electron chi connectivity index (χ0n) is 9.60. The Hall–Kier alpha value is -1.18. The molecule has 7 heteroatoms. The maximum absolute atomic E-state index is 9.26. The third-order valence-electron chi connectivity index (χ3n) is 2.11. The number of nitrogens with zero attached hydrogens (tertiary/aromatic N) is 2. The Morgan fingerprint density at radius 1 is 1.59 bits per heavy atom. The number of aliphatic hydroxyl groups excluding tert-OH is 1. The Morgan fingerprint density at radius 3 is 2.94 bits per heavy atom. The number of anilines is 2. The molecule has 0 aliphatic rings. The molecule has 0 aliphatic carbocycles. The number of aliphatic hydroxyl groups is 1. The fraction of sp³-hybridized carbons (Fsp3) is 0.400. The number of aromatic nitrogens is 2. The van der Waals surface area contributed by atoms with Gasteiger partial charge >= 0.3 is 0 Å². The molecular formula is C10H14N4OS2. The first-order valence-electron chi connectivity index (χ1n) is 5.17. The van der Waals surface area contributed by atoms with Gasteiger partial charge in [-0.15, -0.1) is 11.3 Å². The minimum absolute atomic E-state index is 0.413. The molecule has 2 aromatic rings. The van der Waals surface area contributed by atoms with Gasteiger partial charge in [0, 0.05) is 17.6 Å². The van der Waals surface area contributed by atoms with Crippen LogP contribution < -0.4 is 11.1 Å². The maximum atomic E-state index is 9.26. The fourth-order valence-corrected chi connectivity index (χ4v) is 2.98. The molecule has 2 aromatic heterocycles. The van der Waals surface area contributed by atoms with Gasteiger partial charge in [0.1, 0.15) is 15.8 Å². The zero-order chi connectivity index (χ0) is 12.4. The predicted molar refractivity (Wildman–Crippen MR) is 72.5 cm³/mol. The van der Waals surface area contributed by atoms with Crippen molar-refractivity contribution in [1.82, 2.24) is 9.36 Å². The molecule has 0 amide bonds. The van der Waals surface area contributed by atoms with Gasteiger partial charge in [-0.05, 0) is 25.4 Å². The number of thiazole rings is 1. The van der Waals surface area contributed by atoms with Crippen molar-refractivity contribution in [2.24, 2.45) is 0 Å². The van der Waals surface area contributed by atoms with E-state index in [9.17, 15) is 5.11 Å². The molecule has 17 heavy (non-hydrogen) atoms. The summed E-state index contributed by atoms with van der Waals surface area (Å²) in [5.41, 5.74) is 7.66. The average Bonchev–Trinajstić information content (AvgIpc) is 2.82. The summed E-state index contributed by atoms with van der Waals surface area (Å²) < 4.78 is 4.12. The third-order valence-corrected chi connectivity index (χ3v) is 3.91. The van der Waals surface area contributed by atoms with E-state index >= 15 is 0 Å². The van der Waals surface area contributed by atoms with Crippen LogP contribution in [0.4, 0.5) is 10.8 Å². The molecule has 0 saturated heterocycles. The molecule has 0 aliphatic heterocycles. The molecule has 0 radical (unpaired) electrons. The summed E-state index contributed by atoms with van der Waals surface area (Å²) in [6, 6.07) is 0. The first kappa shape index (κ1) is 12.3. The van der Waals surface area contributed by atoms with Crippen molar-refractivity contribution in [3.05, 3.63) is 11.1 Å². The lowest BCUT2D eigenvalue weighted by Gasteiger charge is -2.07. The second kappa shape index (κ2) is 4.99. The zero-order valence-corrected chi connectivity index (χ0v) is 11.2. The Morgan fingerprint density at radius 2 is 2.35 bits per heavy atom. The number of aryl methyl sites for hydroxylation is 1. The molecule has 0 fully saturated rings. The van der Waals surface area contributed by atoms with Crippen molar-refractivity contribution in [3.63, 3.8) is 0 Å². The highest BCUT2D eigenvalue weighted by Gasteiger charge is 2.16. The number of hydrogen-bond acceptors (Lipinski definition) is 7. The van der Waals surface area contributed by atoms with Crippen LogP contribution >= 0.6 is 22.9 Å². The molecule has 0 bridgehead atoms. The normalized spacial score (nSPS) is 12.6. The first-order valence-corrected chi connectivity index (χ1v) is 6.83. The fourth-order valence-electron chi connectivity index (χ4n) is 1.34. The lowest BCUT2D eigenvalue weighted by Crippen LogP contribution is -2.15. The average molecular weight is 270 g/mol. The Bertz CT molecular complexity index is 506. The van der Waals surface area contributed by atoms with Crippen molar-refractivity contribution in [2.75, 3.05) is 17.6 Å². The number of nitrogen functional groups attached to an aromatic ring is 1. The molecule has 0 saturated carbocycles.